The van der Waals surface area contributed by atoms with E-state index in [9.17, 15) is 4.79 Å². The van der Waals surface area contributed by atoms with Gasteiger partial charge in [0.2, 0.25) is 5.91 Å². The molecule has 1 N–H and O–H groups in total. The molecular formula is C30H53N3O. The third-order valence-electron chi connectivity index (χ3n) is 7.25. The van der Waals surface area contributed by atoms with Crippen LogP contribution in [0.15, 0.2) is 24.3 Å². The molecular weight excluding hydrogens is 418 g/mol. The minimum atomic E-state index is 0.154. The van der Waals surface area contributed by atoms with Crippen molar-refractivity contribution in [3.8, 4) is 0 Å². The third-order valence-corrected chi connectivity index (χ3v) is 7.25. The summed E-state index contributed by atoms with van der Waals surface area (Å²) in [6.07, 6.45) is 20.9. The van der Waals surface area contributed by atoms with Crippen molar-refractivity contribution in [3.63, 3.8) is 0 Å². The molecule has 2 rings (SSSR count). The number of piperazine rings is 1. The standard InChI is InChI=1S/C30H53N3O/c1-3-4-5-6-7-8-9-10-11-12-13-14-15-16-17-18-30(34)31-29-21-19-28(20-22-29)27-33-25-23-32(2)24-26-33/h19-22H,3-18,23-27H2,1-2H3,(H,31,34). The molecule has 1 heterocycles. The molecule has 0 atom stereocenters. The van der Waals surface area contributed by atoms with E-state index in [2.05, 4.69) is 53.4 Å². The monoisotopic (exact) mass is 471 g/mol. The van der Waals surface area contributed by atoms with Crippen molar-refractivity contribution in [1.82, 2.24) is 9.80 Å². The molecule has 1 aliphatic heterocycles. The maximum absolute atomic E-state index is 12.3. The lowest BCUT2D eigenvalue weighted by Gasteiger charge is -2.32. The molecule has 1 saturated heterocycles. The Balaban J connectivity index is 1.39. The number of rotatable bonds is 19. The average Bonchev–Trinajstić information content (AvgIpc) is 2.84. The molecule has 0 radical (unpaired) electrons. The largest absolute Gasteiger partial charge is 0.326 e. The highest BCUT2D eigenvalue weighted by molar-refractivity contribution is 5.90. The number of hydrogen-bond acceptors (Lipinski definition) is 3. The summed E-state index contributed by atoms with van der Waals surface area (Å²) >= 11 is 0. The van der Waals surface area contributed by atoms with Gasteiger partial charge in [-0.2, -0.15) is 0 Å². The number of anilines is 1. The van der Waals surface area contributed by atoms with E-state index in [1.807, 2.05) is 0 Å². The van der Waals surface area contributed by atoms with Crippen molar-refractivity contribution in [2.45, 2.75) is 116 Å². The zero-order valence-corrected chi connectivity index (χ0v) is 22.5. The number of unbranched alkanes of at least 4 members (excludes halogenated alkanes) is 14. The second kappa shape index (κ2) is 18.9. The normalized spacial score (nSPS) is 15.0. The molecule has 194 valence electrons. The van der Waals surface area contributed by atoms with Gasteiger partial charge in [0, 0.05) is 44.8 Å². The van der Waals surface area contributed by atoms with E-state index in [1.54, 1.807) is 0 Å². The third kappa shape index (κ3) is 14.1. The Labute approximate surface area is 210 Å². The first-order valence-corrected chi connectivity index (χ1v) is 14.5. The van der Waals surface area contributed by atoms with Crippen LogP contribution in [-0.4, -0.2) is 48.9 Å². The molecule has 0 aliphatic carbocycles. The van der Waals surface area contributed by atoms with Crippen LogP contribution in [0.4, 0.5) is 5.69 Å². The summed E-state index contributed by atoms with van der Waals surface area (Å²) < 4.78 is 0. The van der Waals surface area contributed by atoms with Crippen molar-refractivity contribution >= 4 is 11.6 Å². The van der Waals surface area contributed by atoms with Crippen LogP contribution in [0.3, 0.4) is 0 Å². The molecule has 0 saturated carbocycles. The highest BCUT2D eigenvalue weighted by atomic mass is 16.1. The highest BCUT2D eigenvalue weighted by Gasteiger charge is 2.13. The Kier molecular flexibility index (Phi) is 16.0. The van der Waals surface area contributed by atoms with Gasteiger partial charge in [-0.05, 0) is 31.2 Å². The van der Waals surface area contributed by atoms with E-state index in [-0.39, 0.29) is 5.91 Å². The zero-order valence-electron chi connectivity index (χ0n) is 22.5. The Hall–Kier alpha value is -1.39. The molecule has 4 heteroatoms. The van der Waals surface area contributed by atoms with Crippen molar-refractivity contribution < 1.29 is 4.79 Å². The fraction of sp³-hybridized carbons (Fsp3) is 0.767. The number of nitrogens with one attached hydrogen (secondary N) is 1. The number of benzene rings is 1. The summed E-state index contributed by atoms with van der Waals surface area (Å²) in [5.74, 6) is 0.154. The van der Waals surface area contributed by atoms with Gasteiger partial charge in [0.15, 0.2) is 0 Å². The summed E-state index contributed by atoms with van der Waals surface area (Å²) in [6, 6.07) is 8.41. The number of nitrogens with zero attached hydrogens (tertiary/aromatic N) is 2. The first kappa shape index (κ1) is 28.8. The van der Waals surface area contributed by atoms with Crippen LogP contribution in [0.25, 0.3) is 0 Å². The van der Waals surface area contributed by atoms with Crippen molar-refractivity contribution in [3.05, 3.63) is 29.8 Å². The molecule has 34 heavy (non-hydrogen) atoms. The predicted octanol–water partition coefficient (Wildman–Crippen LogP) is 7.63. The minimum Gasteiger partial charge on any atom is -0.326 e. The van der Waals surface area contributed by atoms with E-state index < -0.39 is 0 Å². The van der Waals surface area contributed by atoms with Crippen LogP contribution in [0.2, 0.25) is 0 Å². The average molecular weight is 472 g/mol. The van der Waals surface area contributed by atoms with Crippen LogP contribution in [0.5, 0.6) is 0 Å². The maximum Gasteiger partial charge on any atom is 0.224 e. The number of likely N-dealkylation sites (N-methyl/N-ethyl adjacent to an activating group) is 1. The molecule has 0 unspecified atom stereocenters. The quantitative estimate of drug-likeness (QED) is 0.211. The fourth-order valence-electron chi connectivity index (χ4n) is 4.84. The van der Waals surface area contributed by atoms with Gasteiger partial charge in [-0.15, -0.1) is 0 Å². The number of carbonyl (C=O) groups is 1. The van der Waals surface area contributed by atoms with Crippen LogP contribution < -0.4 is 5.32 Å². The highest BCUT2D eigenvalue weighted by Crippen LogP contribution is 2.15. The van der Waals surface area contributed by atoms with Gasteiger partial charge in [0.25, 0.3) is 0 Å². The van der Waals surface area contributed by atoms with Crippen molar-refractivity contribution in [2.75, 3.05) is 38.5 Å². The van der Waals surface area contributed by atoms with Crippen molar-refractivity contribution in [2.24, 2.45) is 0 Å². The lowest BCUT2D eigenvalue weighted by atomic mass is 10.0. The maximum atomic E-state index is 12.3. The van der Waals surface area contributed by atoms with Gasteiger partial charge < -0.3 is 10.2 Å². The smallest absolute Gasteiger partial charge is 0.224 e. The molecule has 1 fully saturated rings. The summed E-state index contributed by atoms with van der Waals surface area (Å²) in [7, 11) is 2.19. The Morgan fingerprint density at radius 3 is 1.68 bits per heavy atom. The number of carbonyl (C=O) groups excluding carboxylic acids is 1. The van der Waals surface area contributed by atoms with Gasteiger partial charge >= 0.3 is 0 Å². The van der Waals surface area contributed by atoms with E-state index in [4.69, 9.17) is 0 Å². The van der Waals surface area contributed by atoms with Crippen LogP contribution in [0, 0.1) is 0 Å². The van der Waals surface area contributed by atoms with Crippen LogP contribution >= 0.6 is 0 Å². The summed E-state index contributed by atoms with van der Waals surface area (Å²) in [6.45, 7) is 7.84. The predicted molar refractivity (Wildman–Crippen MR) is 147 cm³/mol. The summed E-state index contributed by atoms with van der Waals surface area (Å²) in [4.78, 5) is 17.1. The van der Waals surface area contributed by atoms with E-state index in [1.165, 1.54) is 95.5 Å². The summed E-state index contributed by atoms with van der Waals surface area (Å²) in [5, 5.41) is 3.07. The van der Waals surface area contributed by atoms with Gasteiger partial charge in [-0.3, -0.25) is 9.69 Å². The molecule has 0 aromatic heterocycles. The Morgan fingerprint density at radius 1 is 0.706 bits per heavy atom. The molecule has 0 bridgehead atoms. The van der Waals surface area contributed by atoms with E-state index in [0.717, 1.165) is 44.8 Å². The first-order chi connectivity index (χ1) is 16.7. The van der Waals surface area contributed by atoms with Gasteiger partial charge in [0.1, 0.15) is 0 Å². The van der Waals surface area contributed by atoms with E-state index >= 15 is 0 Å². The molecule has 4 nitrogen and oxygen atoms in total. The minimum absolute atomic E-state index is 0.154. The van der Waals surface area contributed by atoms with Gasteiger partial charge in [-0.25, -0.2) is 0 Å². The molecule has 0 spiro atoms. The second-order valence-electron chi connectivity index (χ2n) is 10.5. The lowest BCUT2D eigenvalue weighted by molar-refractivity contribution is -0.116. The SMILES string of the molecule is CCCCCCCCCCCCCCCCCC(=O)Nc1ccc(CN2CCN(C)CC2)cc1. The van der Waals surface area contributed by atoms with Crippen LogP contribution in [-0.2, 0) is 11.3 Å². The van der Waals surface area contributed by atoms with Gasteiger partial charge in [0.05, 0.1) is 0 Å². The zero-order chi connectivity index (χ0) is 24.3. The number of amides is 1. The first-order valence-electron chi connectivity index (χ1n) is 14.5. The Bertz CT molecular complexity index is 622. The van der Waals surface area contributed by atoms with Gasteiger partial charge in [-0.1, -0.05) is 109 Å². The topological polar surface area (TPSA) is 35.6 Å². The lowest BCUT2D eigenvalue weighted by Crippen LogP contribution is -2.43. The molecule has 1 aromatic rings. The fourth-order valence-corrected chi connectivity index (χ4v) is 4.84. The second-order valence-corrected chi connectivity index (χ2v) is 10.5. The van der Waals surface area contributed by atoms with E-state index in [0.29, 0.717) is 6.42 Å². The summed E-state index contributed by atoms with van der Waals surface area (Å²) in [5.41, 5.74) is 2.25. The molecule has 1 aliphatic rings. The molecule has 1 aromatic carbocycles. The van der Waals surface area contributed by atoms with Crippen molar-refractivity contribution in [1.29, 1.82) is 0 Å². The van der Waals surface area contributed by atoms with Crippen LogP contribution in [0.1, 0.15) is 115 Å². The Morgan fingerprint density at radius 2 is 1.18 bits per heavy atom. The molecule has 1 amide bonds. The number of hydrogen-bond donors (Lipinski definition) is 1.